The van der Waals surface area contributed by atoms with E-state index in [1.165, 1.54) is 11.0 Å². The molecule has 2 aliphatic rings. The highest BCUT2D eigenvalue weighted by Gasteiger charge is 2.34. The predicted octanol–water partition coefficient (Wildman–Crippen LogP) is 1.01. The van der Waals surface area contributed by atoms with Crippen LogP contribution in [0.5, 0.6) is 11.5 Å². The van der Waals surface area contributed by atoms with Crippen LogP contribution in [0.25, 0.3) is 6.08 Å². The van der Waals surface area contributed by atoms with Gasteiger partial charge < -0.3 is 19.1 Å². The van der Waals surface area contributed by atoms with Crippen LogP contribution in [-0.2, 0) is 24.2 Å². The van der Waals surface area contributed by atoms with Crippen molar-refractivity contribution in [3.63, 3.8) is 0 Å². The third kappa shape index (κ3) is 4.79. The molecular formula is C18H21NO7S. The van der Waals surface area contributed by atoms with Gasteiger partial charge in [-0.15, -0.1) is 0 Å². The summed E-state index contributed by atoms with van der Waals surface area (Å²) >= 11 is 0. The van der Waals surface area contributed by atoms with Crippen molar-refractivity contribution >= 4 is 27.8 Å². The van der Waals surface area contributed by atoms with E-state index in [9.17, 15) is 18.0 Å². The lowest BCUT2D eigenvalue weighted by Crippen LogP contribution is -2.43. The number of benzene rings is 1. The lowest BCUT2D eigenvalue weighted by Gasteiger charge is -2.26. The molecule has 0 saturated carbocycles. The van der Waals surface area contributed by atoms with Gasteiger partial charge >= 0.3 is 5.97 Å². The first-order valence-corrected chi connectivity index (χ1v) is 10.4. The smallest absolute Gasteiger partial charge is 0.331 e. The molecule has 1 fully saturated rings. The lowest BCUT2D eigenvalue weighted by atomic mass is 10.2. The maximum atomic E-state index is 12.3. The van der Waals surface area contributed by atoms with Crippen LogP contribution in [0.4, 0.5) is 0 Å². The Hall–Kier alpha value is -2.55. The molecule has 146 valence electrons. The van der Waals surface area contributed by atoms with Gasteiger partial charge in [0.05, 0.1) is 11.5 Å². The molecule has 1 saturated heterocycles. The number of rotatable bonds is 6. The van der Waals surface area contributed by atoms with Gasteiger partial charge in [-0.05, 0) is 37.1 Å². The summed E-state index contributed by atoms with van der Waals surface area (Å²) in [6.45, 7) is 1.88. The van der Waals surface area contributed by atoms with E-state index < -0.39 is 28.3 Å². The second-order valence-electron chi connectivity index (χ2n) is 6.29. The summed E-state index contributed by atoms with van der Waals surface area (Å²) in [5.74, 6) is 0.240. The van der Waals surface area contributed by atoms with Gasteiger partial charge in [-0.25, -0.2) is 13.2 Å². The standard InChI is InChI=1S/C18H21NO7S/c1-2-19(14-7-8-27(22,23)11-14)17(20)10-24-18(21)6-4-13-3-5-15-16(9-13)26-12-25-15/h3-6,9,14H,2,7-8,10-12H2,1H3/b6-4+/t14-/m0/s1. The number of fused-ring (bicyclic) bond motifs is 1. The quantitative estimate of drug-likeness (QED) is 0.523. The molecule has 1 amide bonds. The third-order valence-electron chi connectivity index (χ3n) is 4.46. The van der Waals surface area contributed by atoms with Crippen LogP contribution in [0.1, 0.15) is 18.9 Å². The molecule has 2 heterocycles. The number of hydrogen-bond donors (Lipinski definition) is 0. The molecular weight excluding hydrogens is 374 g/mol. The SMILES string of the molecule is CCN(C(=O)COC(=O)/C=C/c1ccc2c(c1)OCO2)[C@H]1CCS(=O)(=O)C1. The molecule has 0 spiro atoms. The second kappa shape index (κ2) is 7.99. The fourth-order valence-corrected chi connectivity index (χ4v) is 4.84. The van der Waals surface area contributed by atoms with Crippen molar-refractivity contribution in [2.45, 2.75) is 19.4 Å². The first kappa shape index (κ1) is 19.2. The highest BCUT2D eigenvalue weighted by atomic mass is 32.2. The van der Waals surface area contributed by atoms with Crippen molar-refractivity contribution in [1.29, 1.82) is 0 Å². The van der Waals surface area contributed by atoms with Crippen LogP contribution in [0.3, 0.4) is 0 Å². The van der Waals surface area contributed by atoms with E-state index in [-0.39, 0.29) is 24.3 Å². The van der Waals surface area contributed by atoms with Gasteiger partial charge in [0.25, 0.3) is 5.91 Å². The Morgan fingerprint density at radius 2 is 2.07 bits per heavy atom. The number of hydrogen-bond acceptors (Lipinski definition) is 7. The average molecular weight is 395 g/mol. The maximum Gasteiger partial charge on any atom is 0.331 e. The van der Waals surface area contributed by atoms with Crippen molar-refractivity contribution in [3.05, 3.63) is 29.8 Å². The number of nitrogens with zero attached hydrogens (tertiary/aromatic N) is 1. The minimum Gasteiger partial charge on any atom is -0.454 e. The molecule has 0 radical (unpaired) electrons. The first-order chi connectivity index (χ1) is 12.9. The summed E-state index contributed by atoms with van der Waals surface area (Å²) < 4.78 is 38.6. The lowest BCUT2D eigenvalue weighted by molar-refractivity contribution is -0.149. The molecule has 0 aromatic heterocycles. The summed E-state index contributed by atoms with van der Waals surface area (Å²) in [5, 5.41) is 0. The number of esters is 1. The monoisotopic (exact) mass is 395 g/mol. The zero-order chi connectivity index (χ0) is 19.4. The molecule has 8 nitrogen and oxygen atoms in total. The molecule has 9 heteroatoms. The van der Waals surface area contributed by atoms with Crippen LogP contribution in [0.15, 0.2) is 24.3 Å². The number of amides is 1. The average Bonchev–Trinajstić information content (AvgIpc) is 3.24. The van der Waals surface area contributed by atoms with Gasteiger partial charge in [-0.1, -0.05) is 6.07 Å². The van der Waals surface area contributed by atoms with Gasteiger partial charge in [0.2, 0.25) is 6.79 Å². The topological polar surface area (TPSA) is 99.2 Å². The first-order valence-electron chi connectivity index (χ1n) is 8.62. The Morgan fingerprint density at radius 3 is 2.78 bits per heavy atom. The summed E-state index contributed by atoms with van der Waals surface area (Å²) in [4.78, 5) is 25.6. The van der Waals surface area contributed by atoms with E-state index >= 15 is 0 Å². The van der Waals surface area contributed by atoms with Crippen molar-refractivity contribution in [2.75, 3.05) is 31.5 Å². The van der Waals surface area contributed by atoms with Gasteiger partial charge in [0.1, 0.15) is 0 Å². The molecule has 27 heavy (non-hydrogen) atoms. The van der Waals surface area contributed by atoms with Gasteiger partial charge in [-0.2, -0.15) is 0 Å². The molecule has 1 atom stereocenters. The highest BCUT2D eigenvalue weighted by molar-refractivity contribution is 7.91. The Labute approximate surface area is 157 Å². The van der Waals surface area contributed by atoms with Gasteiger partial charge in [0.15, 0.2) is 27.9 Å². The minimum atomic E-state index is -3.09. The number of ether oxygens (including phenoxy) is 3. The largest absolute Gasteiger partial charge is 0.454 e. The number of carbonyl (C=O) groups excluding carboxylic acids is 2. The second-order valence-corrected chi connectivity index (χ2v) is 8.52. The van der Waals surface area contributed by atoms with E-state index in [1.54, 1.807) is 31.2 Å². The number of sulfone groups is 1. The Balaban J connectivity index is 1.51. The molecule has 0 bridgehead atoms. The molecule has 0 N–H and O–H groups in total. The zero-order valence-electron chi connectivity index (χ0n) is 14.9. The highest BCUT2D eigenvalue weighted by Crippen LogP contribution is 2.32. The molecule has 1 aromatic rings. The van der Waals surface area contributed by atoms with E-state index in [0.717, 1.165) is 5.56 Å². The summed E-state index contributed by atoms with van der Waals surface area (Å²) in [7, 11) is -3.09. The Kier molecular flexibility index (Phi) is 5.69. The summed E-state index contributed by atoms with van der Waals surface area (Å²) in [6.07, 6.45) is 3.19. The molecule has 0 unspecified atom stereocenters. The summed E-state index contributed by atoms with van der Waals surface area (Å²) in [5.41, 5.74) is 0.730. The normalized spacial score (nSPS) is 20.0. The van der Waals surface area contributed by atoms with E-state index in [0.29, 0.717) is 24.5 Å². The van der Waals surface area contributed by atoms with Crippen LogP contribution < -0.4 is 9.47 Å². The van der Waals surface area contributed by atoms with Crippen molar-refractivity contribution in [1.82, 2.24) is 4.90 Å². The minimum absolute atomic E-state index is 0.0372. The predicted molar refractivity (Wildman–Crippen MR) is 97.0 cm³/mol. The van der Waals surface area contributed by atoms with Crippen molar-refractivity contribution < 1.29 is 32.2 Å². The van der Waals surface area contributed by atoms with Crippen LogP contribution >= 0.6 is 0 Å². The fraction of sp³-hybridized carbons (Fsp3) is 0.444. The maximum absolute atomic E-state index is 12.3. The summed E-state index contributed by atoms with van der Waals surface area (Å²) in [6, 6.07) is 4.89. The van der Waals surface area contributed by atoms with Crippen LogP contribution in [-0.4, -0.2) is 62.7 Å². The molecule has 0 aliphatic carbocycles. The van der Waals surface area contributed by atoms with Crippen LogP contribution in [0, 0.1) is 0 Å². The molecule has 2 aliphatic heterocycles. The Bertz CT molecular complexity index is 862. The number of carbonyl (C=O) groups is 2. The van der Waals surface area contributed by atoms with E-state index in [4.69, 9.17) is 14.2 Å². The number of likely N-dealkylation sites (N-methyl/N-ethyl adjacent to an activating group) is 1. The zero-order valence-corrected chi connectivity index (χ0v) is 15.7. The third-order valence-corrected chi connectivity index (χ3v) is 6.21. The van der Waals surface area contributed by atoms with Crippen molar-refractivity contribution in [2.24, 2.45) is 0 Å². The molecule has 1 aromatic carbocycles. The van der Waals surface area contributed by atoms with Crippen molar-refractivity contribution in [3.8, 4) is 11.5 Å². The van der Waals surface area contributed by atoms with Crippen LogP contribution in [0.2, 0.25) is 0 Å². The fourth-order valence-electron chi connectivity index (χ4n) is 3.10. The van der Waals surface area contributed by atoms with Gasteiger partial charge in [0, 0.05) is 18.7 Å². The molecule has 3 rings (SSSR count). The van der Waals surface area contributed by atoms with Gasteiger partial charge in [-0.3, -0.25) is 4.79 Å². The van der Waals surface area contributed by atoms with E-state index in [2.05, 4.69) is 0 Å². The van der Waals surface area contributed by atoms with E-state index in [1.807, 2.05) is 0 Å². The Morgan fingerprint density at radius 1 is 1.30 bits per heavy atom.